The zero-order valence-corrected chi connectivity index (χ0v) is 11.3. The zero-order valence-electron chi connectivity index (χ0n) is 10.5. The minimum absolute atomic E-state index is 0.875. The Labute approximate surface area is 115 Å². The average molecular weight is 271 g/mol. The molecule has 0 saturated carbocycles. The van der Waals surface area contributed by atoms with Crippen molar-refractivity contribution in [1.82, 2.24) is 14.6 Å². The highest BCUT2D eigenvalue weighted by Crippen LogP contribution is 2.23. The van der Waals surface area contributed by atoms with E-state index in [2.05, 4.69) is 22.2 Å². The van der Waals surface area contributed by atoms with Crippen molar-refractivity contribution in [2.45, 2.75) is 10.8 Å². The predicted octanol–water partition coefficient (Wildman–Crippen LogP) is 3.03. The van der Waals surface area contributed by atoms with E-state index in [9.17, 15) is 0 Å². The Morgan fingerprint density at radius 1 is 1.26 bits per heavy atom. The SMILES string of the molecule is COc1ccc(CSc2cc3ncccn3n2)cc1. The van der Waals surface area contributed by atoms with Crippen LogP contribution in [-0.4, -0.2) is 21.7 Å². The molecule has 0 atom stereocenters. The minimum atomic E-state index is 0.875. The van der Waals surface area contributed by atoms with Gasteiger partial charge in [0.2, 0.25) is 0 Å². The smallest absolute Gasteiger partial charge is 0.156 e. The lowest BCUT2D eigenvalue weighted by atomic mass is 10.2. The highest BCUT2D eigenvalue weighted by Gasteiger charge is 2.03. The first-order chi connectivity index (χ1) is 9.35. The second-order valence-corrected chi connectivity index (χ2v) is 5.04. The van der Waals surface area contributed by atoms with Crippen molar-refractivity contribution in [2.24, 2.45) is 0 Å². The Morgan fingerprint density at radius 2 is 2.11 bits per heavy atom. The van der Waals surface area contributed by atoms with Gasteiger partial charge in [-0.3, -0.25) is 0 Å². The summed E-state index contributed by atoms with van der Waals surface area (Å²) in [6.07, 6.45) is 3.68. The molecule has 0 radical (unpaired) electrons. The molecule has 4 nitrogen and oxygen atoms in total. The molecule has 3 rings (SSSR count). The summed E-state index contributed by atoms with van der Waals surface area (Å²) >= 11 is 1.70. The Balaban J connectivity index is 1.70. The van der Waals surface area contributed by atoms with Crippen molar-refractivity contribution in [3.8, 4) is 5.75 Å². The number of rotatable bonds is 4. The van der Waals surface area contributed by atoms with Crippen molar-refractivity contribution in [2.75, 3.05) is 7.11 Å². The van der Waals surface area contributed by atoms with Gasteiger partial charge in [0.05, 0.1) is 7.11 Å². The van der Waals surface area contributed by atoms with Crippen molar-refractivity contribution in [1.29, 1.82) is 0 Å². The maximum absolute atomic E-state index is 5.14. The molecule has 0 fully saturated rings. The summed E-state index contributed by atoms with van der Waals surface area (Å²) in [5.41, 5.74) is 2.12. The molecular weight excluding hydrogens is 258 g/mol. The van der Waals surface area contributed by atoms with Gasteiger partial charge in [0.25, 0.3) is 0 Å². The fraction of sp³-hybridized carbons (Fsp3) is 0.143. The van der Waals surface area contributed by atoms with E-state index in [0.717, 1.165) is 22.2 Å². The third-order valence-corrected chi connectivity index (χ3v) is 3.73. The van der Waals surface area contributed by atoms with E-state index in [4.69, 9.17) is 4.74 Å². The van der Waals surface area contributed by atoms with E-state index in [0.29, 0.717) is 0 Å². The van der Waals surface area contributed by atoms with Crippen molar-refractivity contribution in [3.05, 3.63) is 54.4 Å². The zero-order chi connectivity index (χ0) is 13.1. The van der Waals surface area contributed by atoms with Crippen LogP contribution >= 0.6 is 11.8 Å². The molecule has 0 aliphatic heterocycles. The molecule has 0 saturated heterocycles. The highest BCUT2D eigenvalue weighted by molar-refractivity contribution is 7.98. The summed E-state index contributed by atoms with van der Waals surface area (Å²) in [7, 11) is 1.67. The summed E-state index contributed by atoms with van der Waals surface area (Å²) in [4.78, 5) is 4.25. The predicted molar refractivity (Wildman–Crippen MR) is 75.5 cm³/mol. The number of thioether (sulfide) groups is 1. The van der Waals surface area contributed by atoms with Gasteiger partial charge >= 0.3 is 0 Å². The fourth-order valence-corrected chi connectivity index (χ4v) is 2.60. The molecule has 0 aliphatic carbocycles. The van der Waals surface area contributed by atoms with Crippen LogP contribution in [0.2, 0.25) is 0 Å². The molecular formula is C14H13N3OS. The standard InChI is InChI=1S/C14H13N3OS/c1-18-12-5-3-11(4-6-12)10-19-14-9-13-15-7-2-8-17(13)16-14/h2-9H,10H2,1H3. The van der Waals surface area contributed by atoms with Crippen LogP contribution in [-0.2, 0) is 5.75 Å². The van der Waals surface area contributed by atoms with E-state index in [-0.39, 0.29) is 0 Å². The van der Waals surface area contributed by atoms with Gasteiger partial charge in [-0.1, -0.05) is 23.9 Å². The van der Waals surface area contributed by atoms with Crippen LogP contribution in [0.3, 0.4) is 0 Å². The average Bonchev–Trinajstić information content (AvgIpc) is 2.88. The number of nitrogens with zero attached hydrogens (tertiary/aromatic N) is 3. The number of methoxy groups -OCH3 is 1. The molecule has 3 aromatic rings. The van der Waals surface area contributed by atoms with Crippen molar-refractivity contribution >= 4 is 17.4 Å². The number of hydrogen-bond acceptors (Lipinski definition) is 4. The third kappa shape index (κ3) is 2.71. The maximum atomic E-state index is 5.14. The second kappa shape index (κ2) is 5.32. The maximum Gasteiger partial charge on any atom is 0.156 e. The molecule has 0 aliphatic rings. The highest BCUT2D eigenvalue weighted by atomic mass is 32.2. The normalized spacial score (nSPS) is 10.8. The molecule has 0 N–H and O–H groups in total. The molecule has 0 unspecified atom stereocenters. The van der Waals surface area contributed by atoms with Crippen molar-refractivity contribution < 1.29 is 4.74 Å². The molecule has 2 heterocycles. The summed E-state index contributed by atoms with van der Waals surface area (Å²) in [6.45, 7) is 0. The van der Waals surface area contributed by atoms with E-state index >= 15 is 0 Å². The summed E-state index contributed by atoms with van der Waals surface area (Å²) < 4.78 is 6.93. The number of ether oxygens (including phenoxy) is 1. The summed E-state index contributed by atoms with van der Waals surface area (Å²) in [5.74, 6) is 1.76. The molecule has 1 aromatic carbocycles. The molecule has 5 heteroatoms. The molecule has 0 amide bonds. The van der Waals surface area contributed by atoms with Gasteiger partial charge in [-0.25, -0.2) is 9.50 Å². The van der Waals surface area contributed by atoms with Gasteiger partial charge in [0, 0.05) is 24.2 Å². The Bertz CT molecular complexity index is 645. The van der Waals surface area contributed by atoms with E-state index in [1.807, 2.05) is 30.5 Å². The monoisotopic (exact) mass is 271 g/mol. The van der Waals surface area contributed by atoms with Gasteiger partial charge in [0.1, 0.15) is 10.8 Å². The van der Waals surface area contributed by atoms with E-state index in [1.165, 1.54) is 5.56 Å². The number of aromatic nitrogens is 3. The lowest BCUT2D eigenvalue weighted by Crippen LogP contribution is -1.87. The van der Waals surface area contributed by atoms with Gasteiger partial charge < -0.3 is 4.74 Å². The number of fused-ring (bicyclic) bond motifs is 1. The van der Waals surface area contributed by atoms with Gasteiger partial charge in [-0.15, -0.1) is 0 Å². The largest absolute Gasteiger partial charge is 0.497 e. The fourth-order valence-electron chi connectivity index (χ4n) is 1.76. The van der Waals surface area contributed by atoms with Gasteiger partial charge in [-0.05, 0) is 23.8 Å². The quantitative estimate of drug-likeness (QED) is 0.684. The van der Waals surface area contributed by atoms with Crippen LogP contribution in [0, 0.1) is 0 Å². The lowest BCUT2D eigenvalue weighted by Gasteiger charge is -2.01. The van der Waals surface area contributed by atoms with Crippen LogP contribution < -0.4 is 4.74 Å². The molecule has 0 spiro atoms. The summed E-state index contributed by atoms with van der Waals surface area (Å²) in [6, 6.07) is 12.0. The molecule has 19 heavy (non-hydrogen) atoms. The van der Waals surface area contributed by atoms with Gasteiger partial charge in [-0.2, -0.15) is 5.10 Å². The molecule has 0 bridgehead atoms. The lowest BCUT2D eigenvalue weighted by molar-refractivity contribution is 0.414. The number of benzene rings is 1. The van der Waals surface area contributed by atoms with Crippen molar-refractivity contribution in [3.63, 3.8) is 0 Å². The Kier molecular flexibility index (Phi) is 3.37. The Hall–Kier alpha value is -2.01. The first-order valence-corrected chi connectivity index (χ1v) is 6.90. The van der Waals surface area contributed by atoms with Crippen LogP contribution in [0.5, 0.6) is 5.75 Å². The summed E-state index contributed by atoms with van der Waals surface area (Å²) in [5, 5.41) is 5.43. The van der Waals surface area contributed by atoms with Crippen LogP contribution in [0.25, 0.3) is 5.65 Å². The topological polar surface area (TPSA) is 39.4 Å². The second-order valence-electron chi connectivity index (χ2n) is 4.04. The van der Waals surface area contributed by atoms with Gasteiger partial charge in [0.15, 0.2) is 5.65 Å². The minimum Gasteiger partial charge on any atom is -0.497 e. The Morgan fingerprint density at radius 3 is 2.84 bits per heavy atom. The van der Waals surface area contributed by atoms with E-state index in [1.54, 1.807) is 29.6 Å². The van der Waals surface area contributed by atoms with Crippen LogP contribution in [0.1, 0.15) is 5.56 Å². The first-order valence-electron chi connectivity index (χ1n) is 5.91. The van der Waals surface area contributed by atoms with Crippen LogP contribution in [0.4, 0.5) is 0 Å². The molecule has 96 valence electrons. The van der Waals surface area contributed by atoms with E-state index < -0.39 is 0 Å². The third-order valence-electron chi connectivity index (χ3n) is 2.76. The van der Waals surface area contributed by atoms with Crippen LogP contribution in [0.15, 0.2) is 53.8 Å². The number of hydrogen-bond donors (Lipinski definition) is 0. The molecule has 2 aromatic heterocycles. The first kappa shape index (κ1) is 12.0.